The average molecular weight is 391 g/mol. The number of carbonyl (C=O) groups is 2. The van der Waals surface area contributed by atoms with Gasteiger partial charge >= 0.3 is 0 Å². The Morgan fingerprint density at radius 2 is 2.04 bits per heavy atom. The lowest BCUT2D eigenvalue weighted by molar-refractivity contribution is -0.133. The van der Waals surface area contributed by atoms with Crippen LogP contribution in [-0.4, -0.2) is 47.1 Å². The monoisotopic (exact) mass is 391 g/mol. The molecule has 2 aromatic rings. The molecule has 1 unspecified atom stereocenters. The molecule has 3 heterocycles. The fourth-order valence-electron chi connectivity index (χ4n) is 3.11. The summed E-state index contributed by atoms with van der Waals surface area (Å²) in [7, 11) is 0. The van der Waals surface area contributed by atoms with Gasteiger partial charge in [0, 0.05) is 44.3 Å². The first-order valence-corrected chi connectivity index (χ1v) is 9.28. The van der Waals surface area contributed by atoms with Crippen molar-refractivity contribution in [1.82, 2.24) is 9.88 Å². The molecule has 2 amide bonds. The first-order valence-electron chi connectivity index (χ1n) is 8.47. The molecule has 1 atom stereocenters. The lowest BCUT2D eigenvalue weighted by Crippen LogP contribution is -2.44. The van der Waals surface area contributed by atoms with Crippen LogP contribution in [0.15, 0.2) is 29.3 Å². The molecule has 140 valence electrons. The molecule has 2 aliphatic heterocycles. The molecular weight excluding hydrogens is 376 g/mol. The van der Waals surface area contributed by atoms with Crippen LogP contribution < -0.4 is 4.74 Å². The van der Waals surface area contributed by atoms with Crippen LogP contribution in [-0.2, 0) is 9.59 Å². The minimum absolute atomic E-state index is 0.0986. The summed E-state index contributed by atoms with van der Waals surface area (Å²) in [5.41, 5.74) is 0.0990. The van der Waals surface area contributed by atoms with E-state index < -0.39 is 17.6 Å². The predicted molar refractivity (Wildman–Crippen MR) is 95.9 cm³/mol. The number of likely N-dealkylation sites (tertiary alicyclic amines) is 1. The molecule has 0 spiro atoms. The van der Waals surface area contributed by atoms with Gasteiger partial charge in [0.1, 0.15) is 17.4 Å². The van der Waals surface area contributed by atoms with Crippen LogP contribution in [0.25, 0.3) is 10.2 Å². The quantitative estimate of drug-likeness (QED) is 0.807. The number of rotatable bonds is 3. The third-order valence-corrected chi connectivity index (χ3v) is 5.40. The number of hydrogen-bond donors (Lipinski definition) is 0. The molecule has 0 aliphatic carbocycles. The van der Waals surface area contributed by atoms with Crippen molar-refractivity contribution in [1.29, 1.82) is 0 Å². The lowest BCUT2D eigenvalue weighted by atomic mass is 10.0. The summed E-state index contributed by atoms with van der Waals surface area (Å²) < 4.78 is 33.2. The van der Waals surface area contributed by atoms with Crippen LogP contribution in [0.2, 0.25) is 0 Å². The molecule has 1 aromatic carbocycles. The number of ether oxygens (including phenoxy) is 1. The molecule has 4 rings (SSSR count). The van der Waals surface area contributed by atoms with Gasteiger partial charge in [-0.25, -0.2) is 13.8 Å². The van der Waals surface area contributed by atoms with E-state index in [2.05, 4.69) is 9.98 Å². The van der Waals surface area contributed by atoms with Gasteiger partial charge in [-0.2, -0.15) is 4.98 Å². The average Bonchev–Trinajstić information content (AvgIpc) is 3.05. The van der Waals surface area contributed by atoms with E-state index in [0.29, 0.717) is 35.8 Å². The van der Waals surface area contributed by atoms with Crippen LogP contribution in [0.3, 0.4) is 0 Å². The Morgan fingerprint density at radius 1 is 1.26 bits per heavy atom. The number of fused-ring (bicyclic) bond motifs is 1. The second kappa shape index (κ2) is 7.15. The van der Waals surface area contributed by atoms with Gasteiger partial charge in [-0.1, -0.05) is 17.4 Å². The van der Waals surface area contributed by atoms with E-state index in [1.807, 2.05) is 0 Å². The summed E-state index contributed by atoms with van der Waals surface area (Å²) in [6, 6.07) is 2.03. The van der Waals surface area contributed by atoms with Gasteiger partial charge < -0.3 is 9.64 Å². The van der Waals surface area contributed by atoms with E-state index in [4.69, 9.17) is 4.74 Å². The predicted octanol–water partition coefficient (Wildman–Crippen LogP) is 2.73. The van der Waals surface area contributed by atoms with Gasteiger partial charge in [-0.3, -0.25) is 9.59 Å². The number of carbonyl (C=O) groups excluding carboxylic acids is 2. The highest BCUT2D eigenvalue weighted by Crippen LogP contribution is 2.32. The first-order chi connectivity index (χ1) is 13.0. The van der Waals surface area contributed by atoms with Crippen molar-refractivity contribution < 1.29 is 23.1 Å². The number of dihydropyridines is 1. The van der Waals surface area contributed by atoms with E-state index in [1.54, 1.807) is 11.0 Å². The number of hydrogen-bond acceptors (Lipinski definition) is 5. The molecule has 6 nitrogen and oxygen atoms in total. The summed E-state index contributed by atoms with van der Waals surface area (Å²) in [5, 5.41) is 0.292. The van der Waals surface area contributed by atoms with Crippen molar-refractivity contribution in [3.63, 3.8) is 0 Å². The van der Waals surface area contributed by atoms with E-state index in [1.165, 1.54) is 18.4 Å². The first kappa shape index (κ1) is 17.7. The van der Waals surface area contributed by atoms with Gasteiger partial charge in [0.25, 0.3) is 11.1 Å². The number of aliphatic imine (C=N–C) groups is 1. The summed E-state index contributed by atoms with van der Waals surface area (Å²) >= 11 is 1.10. The molecule has 0 saturated carbocycles. The van der Waals surface area contributed by atoms with Crippen molar-refractivity contribution in [2.75, 3.05) is 13.1 Å². The molecule has 9 heteroatoms. The fraction of sp³-hybridized carbons (Fsp3) is 0.333. The number of thiazole rings is 1. The Labute approximate surface area is 157 Å². The van der Waals surface area contributed by atoms with Crippen LogP contribution in [0.1, 0.15) is 12.8 Å². The Balaban J connectivity index is 1.36. The Morgan fingerprint density at radius 3 is 2.74 bits per heavy atom. The number of nitrogens with zero attached hydrogens (tertiary/aromatic N) is 3. The molecule has 27 heavy (non-hydrogen) atoms. The maximum absolute atomic E-state index is 13.7. The van der Waals surface area contributed by atoms with E-state index in [-0.39, 0.29) is 23.4 Å². The van der Waals surface area contributed by atoms with Crippen molar-refractivity contribution >= 4 is 39.6 Å². The minimum atomic E-state index is -0.711. The number of aromatic nitrogens is 1. The largest absolute Gasteiger partial charge is 0.467 e. The molecule has 0 N–H and O–H groups in total. The number of benzene rings is 1. The van der Waals surface area contributed by atoms with Crippen LogP contribution in [0.5, 0.6) is 5.19 Å². The standard InChI is InChI=1S/C18H15F2N3O3S/c19-11-7-13(20)16-14(8-11)27-18(22-16)26-12-3-5-23(6-4-12)17(25)10-1-2-15(24)21-9-10/h1-2,7-10,12H,3-6H2. The third-order valence-electron chi connectivity index (χ3n) is 4.51. The molecular formula is C18H15F2N3O3S. The number of piperidine rings is 1. The maximum atomic E-state index is 13.7. The summed E-state index contributed by atoms with van der Waals surface area (Å²) in [5.74, 6) is -2.33. The Hall–Kier alpha value is -2.68. The van der Waals surface area contributed by atoms with Gasteiger partial charge in [0.2, 0.25) is 5.91 Å². The van der Waals surface area contributed by atoms with Crippen LogP contribution in [0, 0.1) is 17.6 Å². The van der Waals surface area contributed by atoms with Crippen molar-refractivity contribution in [3.05, 3.63) is 35.9 Å². The summed E-state index contributed by atoms with van der Waals surface area (Å²) in [4.78, 5) is 33.0. The molecule has 2 aliphatic rings. The van der Waals surface area contributed by atoms with Gasteiger partial charge in [0.05, 0.1) is 10.6 Å². The van der Waals surface area contributed by atoms with E-state index >= 15 is 0 Å². The maximum Gasteiger partial charge on any atom is 0.274 e. The zero-order chi connectivity index (χ0) is 19.0. The second-order valence-electron chi connectivity index (χ2n) is 6.36. The fourth-order valence-corrected chi connectivity index (χ4v) is 4.03. The molecule has 0 bridgehead atoms. The normalized spacial score (nSPS) is 20.4. The summed E-state index contributed by atoms with van der Waals surface area (Å²) in [6.07, 6.45) is 5.26. The van der Waals surface area contributed by atoms with Crippen molar-refractivity contribution in [3.8, 4) is 5.19 Å². The third kappa shape index (κ3) is 3.73. The minimum Gasteiger partial charge on any atom is -0.467 e. The van der Waals surface area contributed by atoms with Crippen LogP contribution >= 0.6 is 11.3 Å². The Kier molecular flexibility index (Phi) is 4.69. The zero-order valence-electron chi connectivity index (χ0n) is 14.1. The molecule has 0 radical (unpaired) electrons. The number of amides is 2. The van der Waals surface area contributed by atoms with Crippen molar-refractivity contribution in [2.24, 2.45) is 10.9 Å². The molecule has 1 saturated heterocycles. The van der Waals surface area contributed by atoms with Gasteiger partial charge in [-0.15, -0.1) is 0 Å². The highest BCUT2D eigenvalue weighted by Gasteiger charge is 2.28. The second-order valence-corrected chi connectivity index (χ2v) is 7.35. The van der Waals surface area contributed by atoms with E-state index in [9.17, 15) is 18.4 Å². The van der Waals surface area contributed by atoms with E-state index in [0.717, 1.165) is 17.4 Å². The van der Waals surface area contributed by atoms with Gasteiger partial charge in [0.15, 0.2) is 5.82 Å². The van der Waals surface area contributed by atoms with Crippen molar-refractivity contribution in [2.45, 2.75) is 18.9 Å². The Bertz CT molecular complexity index is 948. The number of halogens is 2. The highest BCUT2D eigenvalue weighted by molar-refractivity contribution is 7.20. The van der Waals surface area contributed by atoms with Crippen LogP contribution in [0.4, 0.5) is 8.78 Å². The SMILES string of the molecule is O=C1C=CC(C(=O)N2CCC(Oc3nc4c(F)cc(F)cc4s3)CC2)C=N1. The lowest BCUT2D eigenvalue weighted by Gasteiger charge is -2.32. The molecule has 1 fully saturated rings. The summed E-state index contributed by atoms with van der Waals surface area (Å²) in [6.45, 7) is 1.01. The smallest absolute Gasteiger partial charge is 0.274 e. The van der Waals surface area contributed by atoms with Gasteiger partial charge in [-0.05, 0) is 6.07 Å². The topological polar surface area (TPSA) is 71.9 Å². The highest BCUT2D eigenvalue weighted by atomic mass is 32.1. The molecule has 1 aromatic heterocycles. The zero-order valence-corrected chi connectivity index (χ0v) is 14.9.